The lowest BCUT2D eigenvalue weighted by molar-refractivity contribution is -0.139. The lowest BCUT2D eigenvalue weighted by Crippen LogP contribution is -2.41. The molecule has 2 aromatic rings. The number of anilines is 1. The van der Waals surface area contributed by atoms with Crippen LogP contribution in [-0.4, -0.2) is 17.1 Å². The van der Waals surface area contributed by atoms with Gasteiger partial charge in [-0.15, -0.1) is 0 Å². The van der Waals surface area contributed by atoms with Gasteiger partial charge in [0.2, 0.25) is 0 Å². The number of ether oxygens (including phenoxy) is 1. The maximum atomic E-state index is 11.5. The van der Waals surface area contributed by atoms with Crippen LogP contribution in [0.15, 0.2) is 60.7 Å². The fourth-order valence-corrected chi connectivity index (χ4v) is 3.50. The minimum Gasteiger partial charge on any atom is -0.480 e. The van der Waals surface area contributed by atoms with Crippen LogP contribution in [0.4, 0.5) is 5.69 Å². The topological polar surface area (TPSA) is 58.6 Å². The summed E-state index contributed by atoms with van der Waals surface area (Å²) >= 11 is 0. The van der Waals surface area contributed by atoms with Gasteiger partial charge >= 0.3 is 5.97 Å². The maximum absolute atomic E-state index is 11.5. The third kappa shape index (κ3) is 2.46. The van der Waals surface area contributed by atoms with Gasteiger partial charge in [0.25, 0.3) is 0 Å². The molecule has 0 radical (unpaired) electrons. The molecule has 116 valence electrons. The first-order valence-corrected chi connectivity index (χ1v) is 7.75. The molecule has 1 aliphatic heterocycles. The third-order valence-corrected chi connectivity index (χ3v) is 4.58. The zero-order valence-electron chi connectivity index (χ0n) is 12.5. The number of para-hydroxylation sites is 1. The van der Waals surface area contributed by atoms with Gasteiger partial charge < -0.3 is 15.2 Å². The Hall–Kier alpha value is -2.75. The van der Waals surface area contributed by atoms with Crippen LogP contribution in [0, 0.1) is 5.92 Å². The molecule has 0 saturated heterocycles. The van der Waals surface area contributed by atoms with Crippen LogP contribution in [0.5, 0.6) is 11.5 Å². The van der Waals surface area contributed by atoms with Crippen molar-refractivity contribution >= 4 is 11.7 Å². The number of carbonyl (C=O) groups is 1. The highest BCUT2D eigenvalue weighted by Crippen LogP contribution is 2.45. The molecular formula is C19H17NO3. The van der Waals surface area contributed by atoms with Crippen molar-refractivity contribution in [3.05, 3.63) is 66.2 Å². The van der Waals surface area contributed by atoms with Gasteiger partial charge in [-0.3, -0.25) is 0 Å². The Morgan fingerprint density at radius 1 is 1.13 bits per heavy atom. The van der Waals surface area contributed by atoms with Crippen LogP contribution < -0.4 is 10.1 Å². The van der Waals surface area contributed by atoms with Crippen molar-refractivity contribution < 1.29 is 14.6 Å². The minimum atomic E-state index is -0.793. The molecular weight excluding hydrogens is 290 g/mol. The molecule has 1 heterocycles. The quantitative estimate of drug-likeness (QED) is 0.841. The monoisotopic (exact) mass is 307 g/mol. The van der Waals surface area contributed by atoms with Crippen molar-refractivity contribution in [1.82, 2.24) is 0 Å². The number of carboxylic acids is 1. The van der Waals surface area contributed by atoms with Crippen molar-refractivity contribution in [2.24, 2.45) is 5.92 Å². The molecule has 2 aliphatic rings. The van der Waals surface area contributed by atoms with Crippen molar-refractivity contribution in [3.8, 4) is 11.5 Å². The average molecular weight is 307 g/mol. The molecule has 3 atom stereocenters. The molecule has 1 aliphatic carbocycles. The van der Waals surface area contributed by atoms with Gasteiger partial charge in [-0.05, 0) is 42.3 Å². The molecule has 4 rings (SSSR count). The standard InChI is InChI=1S/C19H17NO3/c21-19(22)18-15-8-4-7-14(15)16-11-13(9-10-17(16)20-18)23-12-5-2-1-3-6-12/h1-7,9-11,14-15,18,20H,8H2,(H,21,22)/t14-,15+,18+/m0/s1. The summed E-state index contributed by atoms with van der Waals surface area (Å²) in [6, 6.07) is 14.9. The smallest absolute Gasteiger partial charge is 0.326 e. The number of aliphatic carboxylic acids is 1. The van der Waals surface area contributed by atoms with E-state index in [9.17, 15) is 9.90 Å². The molecule has 4 nitrogen and oxygen atoms in total. The first-order chi connectivity index (χ1) is 11.2. The Bertz CT molecular complexity index is 769. The van der Waals surface area contributed by atoms with Gasteiger partial charge in [0.15, 0.2) is 0 Å². The molecule has 23 heavy (non-hydrogen) atoms. The van der Waals surface area contributed by atoms with Crippen molar-refractivity contribution in [1.29, 1.82) is 0 Å². The Balaban J connectivity index is 1.68. The summed E-state index contributed by atoms with van der Waals surface area (Å²) in [6.45, 7) is 0. The van der Waals surface area contributed by atoms with Crippen molar-refractivity contribution in [3.63, 3.8) is 0 Å². The molecule has 0 saturated carbocycles. The lowest BCUT2D eigenvalue weighted by atomic mass is 9.79. The highest BCUT2D eigenvalue weighted by molar-refractivity contribution is 5.80. The summed E-state index contributed by atoms with van der Waals surface area (Å²) in [6.07, 6.45) is 4.98. The first kappa shape index (κ1) is 13.9. The summed E-state index contributed by atoms with van der Waals surface area (Å²) in [5, 5.41) is 12.6. The zero-order chi connectivity index (χ0) is 15.8. The molecule has 0 aromatic heterocycles. The van der Waals surface area contributed by atoms with E-state index in [0.717, 1.165) is 29.2 Å². The predicted molar refractivity (Wildman–Crippen MR) is 88.0 cm³/mol. The van der Waals surface area contributed by atoms with Crippen LogP contribution in [0.25, 0.3) is 0 Å². The van der Waals surface area contributed by atoms with E-state index < -0.39 is 12.0 Å². The first-order valence-electron chi connectivity index (χ1n) is 7.75. The second-order valence-corrected chi connectivity index (χ2v) is 5.98. The van der Waals surface area contributed by atoms with Crippen LogP contribution in [0.3, 0.4) is 0 Å². The summed E-state index contributed by atoms with van der Waals surface area (Å²) < 4.78 is 5.90. The largest absolute Gasteiger partial charge is 0.480 e. The van der Waals surface area contributed by atoms with Gasteiger partial charge in [0.1, 0.15) is 17.5 Å². The number of hydrogen-bond acceptors (Lipinski definition) is 3. The van der Waals surface area contributed by atoms with E-state index in [1.165, 1.54) is 0 Å². The molecule has 0 bridgehead atoms. The number of hydrogen-bond donors (Lipinski definition) is 2. The molecule has 0 spiro atoms. The van der Waals surface area contributed by atoms with Crippen LogP contribution in [0.1, 0.15) is 17.9 Å². The summed E-state index contributed by atoms with van der Waals surface area (Å²) in [5.41, 5.74) is 1.99. The zero-order valence-corrected chi connectivity index (χ0v) is 12.5. The number of fused-ring (bicyclic) bond motifs is 3. The van der Waals surface area contributed by atoms with E-state index in [2.05, 4.69) is 17.5 Å². The van der Waals surface area contributed by atoms with E-state index in [0.29, 0.717) is 0 Å². The van der Waals surface area contributed by atoms with Gasteiger partial charge in [0.05, 0.1) is 0 Å². The fourth-order valence-electron chi connectivity index (χ4n) is 3.50. The minimum absolute atomic E-state index is 0.0620. The lowest BCUT2D eigenvalue weighted by Gasteiger charge is -2.34. The third-order valence-electron chi connectivity index (χ3n) is 4.58. The van der Waals surface area contributed by atoms with Gasteiger partial charge in [-0.2, -0.15) is 0 Å². The van der Waals surface area contributed by atoms with E-state index in [1.54, 1.807) is 0 Å². The normalized spacial score (nSPS) is 24.4. The van der Waals surface area contributed by atoms with Crippen LogP contribution >= 0.6 is 0 Å². The molecule has 2 aromatic carbocycles. The predicted octanol–water partition coefficient (Wildman–Crippen LogP) is 4.02. The van der Waals surface area contributed by atoms with Crippen LogP contribution in [0.2, 0.25) is 0 Å². The fraction of sp³-hybridized carbons (Fsp3) is 0.211. The number of nitrogens with one attached hydrogen (secondary N) is 1. The highest BCUT2D eigenvalue weighted by atomic mass is 16.5. The molecule has 0 unspecified atom stereocenters. The summed E-state index contributed by atoms with van der Waals surface area (Å²) in [7, 11) is 0. The second-order valence-electron chi connectivity index (χ2n) is 5.98. The Morgan fingerprint density at radius 3 is 2.74 bits per heavy atom. The Kier molecular flexibility index (Phi) is 3.30. The Morgan fingerprint density at radius 2 is 1.96 bits per heavy atom. The second kappa shape index (κ2) is 5.47. The van der Waals surface area contributed by atoms with Gasteiger partial charge in [0, 0.05) is 17.5 Å². The average Bonchev–Trinajstić information content (AvgIpc) is 3.05. The SMILES string of the molecule is O=C(O)[C@@H]1Nc2ccc(Oc3ccccc3)cc2[C@H]2C=CC[C@H]21. The van der Waals surface area contributed by atoms with Crippen molar-refractivity contribution in [2.75, 3.05) is 5.32 Å². The summed E-state index contributed by atoms with van der Waals surface area (Å²) in [4.78, 5) is 11.5. The molecule has 0 amide bonds. The van der Waals surface area contributed by atoms with Crippen molar-refractivity contribution in [2.45, 2.75) is 18.4 Å². The maximum Gasteiger partial charge on any atom is 0.326 e. The summed E-state index contributed by atoms with van der Waals surface area (Å²) in [5.74, 6) is 0.959. The Labute approximate surface area is 134 Å². The highest BCUT2D eigenvalue weighted by Gasteiger charge is 2.40. The number of allylic oxidation sites excluding steroid dienone is 2. The molecule has 0 fully saturated rings. The number of rotatable bonds is 3. The number of benzene rings is 2. The molecule has 4 heteroatoms. The van der Waals surface area contributed by atoms with Gasteiger partial charge in [-0.1, -0.05) is 30.4 Å². The van der Waals surface area contributed by atoms with E-state index in [4.69, 9.17) is 4.74 Å². The van der Waals surface area contributed by atoms with E-state index >= 15 is 0 Å². The van der Waals surface area contributed by atoms with E-state index in [1.807, 2.05) is 48.5 Å². The van der Waals surface area contributed by atoms with Gasteiger partial charge in [-0.25, -0.2) is 4.79 Å². The van der Waals surface area contributed by atoms with Crippen LogP contribution in [-0.2, 0) is 4.79 Å². The molecule has 2 N–H and O–H groups in total. The van der Waals surface area contributed by atoms with E-state index in [-0.39, 0.29) is 11.8 Å². The number of carboxylic acid groups (broad SMARTS) is 1.